The maximum Gasteiger partial charge on any atom is 0.239 e. The molecule has 0 aliphatic heterocycles. The minimum absolute atomic E-state index is 0.359. The maximum absolute atomic E-state index is 11.5. The summed E-state index contributed by atoms with van der Waals surface area (Å²) >= 11 is 0. The van der Waals surface area contributed by atoms with E-state index in [-0.39, 0.29) is 5.91 Å². The zero-order valence-electron chi connectivity index (χ0n) is 10.4. The lowest BCUT2D eigenvalue weighted by Crippen LogP contribution is -2.36. The first-order chi connectivity index (χ1) is 8.20. The number of primary amides is 1. The van der Waals surface area contributed by atoms with Gasteiger partial charge in [-0.25, -0.2) is 0 Å². The normalized spacial score (nSPS) is 12.4. The van der Waals surface area contributed by atoms with Gasteiger partial charge in [-0.2, -0.15) is 0 Å². The molecule has 1 amide bonds. The maximum atomic E-state index is 11.5. The second-order valence-corrected chi connectivity index (χ2v) is 3.83. The first kappa shape index (κ1) is 13.7. The van der Waals surface area contributed by atoms with Gasteiger partial charge in [-0.15, -0.1) is 0 Å². The number of carbonyl (C=O) groups excluding carboxylic acids is 1. The predicted molar refractivity (Wildman–Crippen MR) is 67.6 cm³/mol. The fourth-order valence-corrected chi connectivity index (χ4v) is 1.81. The molecule has 94 valence electrons. The third-order valence-electron chi connectivity index (χ3n) is 2.69. The Morgan fingerprint density at radius 1 is 1.47 bits per heavy atom. The number of nitrogens with two attached hydrogens (primary N) is 1. The summed E-state index contributed by atoms with van der Waals surface area (Å²) in [5.74, 6) is -0.359. The van der Waals surface area contributed by atoms with Crippen LogP contribution in [0.5, 0.6) is 0 Å². The van der Waals surface area contributed by atoms with E-state index in [0.29, 0.717) is 13.2 Å². The van der Waals surface area contributed by atoms with E-state index in [2.05, 4.69) is 12.2 Å². The smallest absolute Gasteiger partial charge is 0.239 e. The molecule has 0 fully saturated rings. The lowest BCUT2D eigenvalue weighted by Gasteiger charge is -2.18. The Morgan fingerprint density at radius 2 is 2.18 bits per heavy atom. The number of nitrogens with one attached hydrogen (secondary N) is 1. The molecule has 1 unspecified atom stereocenters. The van der Waals surface area contributed by atoms with Crippen molar-refractivity contribution in [1.82, 2.24) is 5.32 Å². The first-order valence-electron chi connectivity index (χ1n) is 5.80. The zero-order chi connectivity index (χ0) is 12.7. The van der Waals surface area contributed by atoms with Crippen molar-refractivity contribution in [2.45, 2.75) is 19.4 Å². The Labute approximate surface area is 102 Å². The number of carbonyl (C=O) groups is 1. The molecule has 0 radical (unpaired) electrons. The molecule has 0 saturated heterocycles. The van der Waals surface area contributed by atoms with E-state index in [1.807, 2.05) is 24.3 Å². The molecular formula is C13H20N2O2. The van der Waals surface area contributed by atoms with Crippen LogP contribution in [-0.2, 0) is 16.0 Å². The second kappa shape index (κ2) is 7.04. The molecule has 1 rings (SSSR count). The van der Waals surface area contributed by atoms with E-state index < -0.39 is 6.04 Å². The Hall–Kier alpha value is -1.39. The average Bonchev–Trinajstić information content (AvgIpc) is 2.34. The molecule has 1 atom stereocenters. The van der Waals surface area contributed by atoms with Crippen molar-refractivity contribution < 1.29 is 9.53 Å². The lowest BCUT2D eigenvalue weighted by molar-refractivity contribution is -0.120. The van der Waals surface area contributed by atoms with Gasteiger partial charge in [0.2, 0.25) is 5.91 Å². The topological polar surface area (TPSA) is 64.3 Å². The van der Waals surface area contributed by atoms with Gasteiger partial charge in [-0.3, -0.25) is 10.1 Å². The predicted octanol–water partition coefficient (Wildman–Crippen LogP) is 1.01. The van der Waals surface area contributed by atoms with Crippen LogP contribution in [0.4, 0.5) is 0 Å². The van der Waals surface area contributed by atoms with Gasteiger partial charge in [-0.1, -0.05) is 31.2 Å². The highest BCUT2D eigenvalue weighted by molar-refractivity contribution is 5.81. The number of amides is 1. The first-order valence-corrected chi connectivity index (χ1v) is 5.80. The van der Waals surface area contributed by atoms with E-state index in [1.54, 1.807) is 7.11 Å². The average molecular weight is 236 g/mol. The summed E-state index contributed by atoms with van der Waals surface area (Å²) in [4.78, 5) is 11.5. The van der Waals surface area contributed by atoms with Crippen LogP contribution in [0.2, 0.25) is 0 Å². The van der Waals surface area contributed by atoms with Crippen LogP contribution < -0.4 is 11.1 Å². The highest BCUT2D eigenvalue weighted by atomic mass is 16.5. The van der Waals surface area contributed by atoms with Crippen molar-refractivity contribution in [3.05, 3.63) is 35.4 Å². The Bertz CT molecular complexity index is 366. The third kappa shape index (κ3) is 3.84. The van der Waals surface area contributed by atoms with Gasteiger partial charge in [0, 0.05) is 13.7 Å². The van der Waals surface area contributed by atoms with Crippen LogP contribution in [0.1, 0.15) is 24.1 Å². The molecular weight excluding hydrogens is 216 g/mol. The molecule has 1 aromatic carbocycles. The van der Waals surface area contributed by atoms with E-state index in [4.69, 9.17) is 10.5 Å². The number of hydrogen-bond acceptors (Lipinski definition) is 3. The quantitative estimate of drug-likeness (QED) is 0.694. The van der Waals surface area contributed by atoms with Crippen LogP contribution in [0, 0.1) is 0 Å². The number of rotatable bonds is 7. The molecule has 4 heteroatoms. The van der Waals surface area contributed by atoms with Crippen molar-refractivity contribution in [2.24, 2.45) is 5.73 Å². The molecule has 0 spiro atoms. The van der Waals surface area contributed by atoms with Gasteiger partial charge >= 0.3 is 0 Å². The van der Waals surface area contributed by atoms with Gasteiger partial charge < -0.3 is 10.5 Å². The van der Waals surface area contributed by atoms with Crippen molar-refractivity contribution >= 4 is 5.91 Å². The number of aryl methyl sites for hydroxylation is 1. The minimum atomic E-state index is -0.443. The minimum Gasteiger partial charge on any atom is -0.383 e. The van der Waals surface area contributed by atoms with Crippen LogP contribution in [0.15, 0.2) is 24.3 Å². The van der Waals surface area contributed by atoms with Gasteiger partial charge in [0.25, 0.3) is 0 Å². The Kier molecular flexibility index (Phi) is 5.66. The largest absolute Gasteiger partial charge is 0.383 e. The van der Waals surface area contributed by atoms with E-state index in [9.17, 15) is 4.79 Å². The second-order valence-electron chi connectivity index (χ2n) is 3.83. The molecule has 0 bridgehead atoms. The standard InChI is InChI=1S/C13H20N2O2/c1-3-10-6-4-5-7-11(10)12(13(14)16)15-8-9-17-2/h4-7,12,15H,3,8-9H2,1-2H3,(H2,14,16). The van der Waals surface area contributed by atoms with Crippen molar-refractivity contribution in [3.8, 4) is 0 Å². The molecule has 0 saturated carbocycles. The van der Waals surface area contributed by atoms with Gasteiger partial charge in [0.1, 0.15) is 6.04 Å². The summed E-state index contributed by atoms with van der Waals surface area (Å²) in [6.07, 6.45) is 0.881. The van der Waals surface area contributed by atoms with Crippen molar-refractivity contribution in [2.75, 3.05) is 20.3 Å². The summed E-state index contributed by atoms with van der Waals surface area (Å²) in [6, 6.07) is 7.40. The third-order valence-corrected chi connectivity index (χ3v) is 2.69. The monoisotopic (exact) mass is 236 g/mol. The molecule has 0 aliphatic rings. The molecule has 4 nitrogen and oxygen atoms in total. The fourth-order valence-electron chi connectivity index (χ4n) is 1.81. The molecule has 0 aliphatic carbocycles. The van der Waals surface area contributed by atoms with Crippen molar-refractivity contribution in [3.63, 3.8) is 0 Å². The van der Waals surface area contributed by atoms with Gasteiger partial charge in [0.15, 0.2) is 0 Å². The number of ether oxygens (including phenoxy) is 1. The molecule has 0 aromatic heterocycles. The summed E-state index contributed by atoms with van der Waals surface area (Å²) in [7, 11) is 1.63. The Balaban J connectivity index is 2.85. The van der Waals surface area contributed by atoms with E-state index in [0.717, 1.165) is 17.5 Å². The molecule has 0 heterocycles. The van der Waals surface area contributed by atoms with E-state index in [1.165, 1.54) is 0 Å². The summed E-state index contributed by atoms with van der Waals surface area (Å²) in [5.41, 5.74) is 7.53. The molecule has 3 N–H and O–H groups in total. The summed E-state index contributed by atoms with van der Waals surface area (Å²) < 4.78 is 4.95. The van der Waals surface area contributed by atoms with Crippen LogP contribution in [-0.4, -0.2) is 26.2 Å². The van der Waals surface area contributed by atoms with Gasteiger partial charge in [0.05, 0.1) is 6.61 Å². The SMILES string of the molecule is CCc1ccccc1C(NCCOC)C(N)=O. The summed E-state index contributed by atoms with van der Waals surface area (Å²) in [6.45, 7) is 3.21. The number of hydrogen-bond donors (Lipinski definition) is 2. The highest BCUT2D eigenvalue weighted by Gasteiger charge is 2.18. The van der Waals surface area contributed by atoms with Gasteiger partial charge in [-0.05, 0) is 17.5 Å². The number of benzene rings is 1. The zero-order valence-corrected chi connectivity index (χ0v) is 10.4. The number of methoxy groups -OCH3 is 1. The van der Waals surface area contributed by atoms with E-state index >= 15 is 0 Å². The molecule has 17 heavy (non-hydrogen) atoms. The lowest BCUT2D eigenvalue weighted by atomic mass is 9.98. The summed E-state index contributed by atoms with van der Waals surface area (Å²) in [5, 5.41) is 3.11. The highest BCUT2D eigenvalue weighted by Crippen LogP contribution is 2.18. The molecule has 1 aromatic rings. The van der Waals surface area contributed by atoms with Crippen molar-refractivity contribution in [1.29, 1.82) is 0 Å². The van der Waals surface area contributed by atoms with Crippen LogP contribution >= 0.6 is 0 Å². The van der Waals surface area contributed by atoms with Crippen LogP contribution in [0.3, 0.4) is 0 Å². The Morgan fingerprint density at radius 3 is 2.76 bits per heavy atom. The fraction of sp³-hybridized carbons (Fsp3) is 0.462. The van der Waals surface area contributed by atoms with Crippen LogP contribution in [0.25, 0.3) is 0 Å².